The summed E-state index contributed by atoms with van der Waals surface area (Å²) in [4.78, 5) is 26.1. The van der Waals surface area contributed by atoms with Crippen molar-refractivity contribution in [1.82, 2.24) is 9.80 Å². The summed E-state index contributed by atoms with van der Waals surface area (Å²) >= 11 is 0. The lowest BCUT2D eigenvalue weighted by Crippen LogP contribution is -2.48. The molecule has 8 heteroatoms. The fourth-order valence-corrected chi connectivity index (χ4v) is 2.38. The molecule has 7 nitrogen and oxygen atoms in total. The molecular weight excluding hydrogens is 279 g/mol. The summed E-state index contributed by atoms with van der Waals surface area (Å²) in [6.07, 6.45) is 0. The fourth-order valence-electron chi connectivity index (χ4n) is 2.38. The number of amides is 1. The number of nitrogens with zero attached hydrogens (tertiary/aromatic N) is 3. The number of benzene rings is 1. The van der Waals surface area contributed by atoms with Crippen LogP contribution in [0.4, 0.5) is 15.8 Å². The Kier molecular flexibility index (Phi) is 4.37. The van der Waals surface area contributed by atoms with Crippen LogP contribution in [0.1, 0.15) is 17.3 Å². The molecule has 1 aliphatic rings. The van der Waals surface area contributed by atoms with Gasteiger partial charge in [-0.1, -0.05) is 6.92 Å². The number of anilines is 1. The summed E-state index contributed by atoms with van der Waals surface area (Å²) in [6.45, 7) is 5.20. The first kappa shape index (κ1) is 15.2. The van der Waals surface area contributed by atoms with Gasteiger partial charge in [0.15, 0.2) is 0 Å². The molecule has 0 aliphatic carbocycles. The predicted octanol–water partition coefficient (Wildman–Crippen LogP) is 1.09. The number of rotatable bonds is 3. The first-order chi connectivity index (χ1) is 9.95. The number of nitro groups is 1. The van der Waals surface area contributed by atoms with Crippen LogP contribution in [0.5, 0.6) is 0 Å². The van der Waals surface area contributed by atoms with E-state index in [0.29, 0.717) is 26.2 Å². The predicted molar refractivity (Wildman–Crippen MR) is 75.5 cm³/mol. The van der Waals surface area contributed by atoms with Crippen LogP contribution in [0.25, 0.3) is 0 Å². The second-order valence-electron chi connectivity index (χ2n) is 4.84. The first-order valence-corrected chi connectivity index (χ1v) is 6.69. The van der Waals surface area contributed by atoms with Gasteiger partial charge in [-0.25, -0.2) is 4.39 Å². The van der Waals surface area contributed by atoms with Gasteiger partial charge in [0.1, 0.15) is 17.1 Å². The molecule has 1 amide bonds. The van der Waals surface area contributed by atoms with E-state index in [9.17, 15) is 19.3 Å². The van der Waals surface area contributed by atoms with Crippen molar-refractivity contribution in [2.45, 2.75) is 6.92 Å². The van der Waals surface area contributed by atoms with Gasteiger partial charge in [-0.2, -0.15) is 0 Å². The van der Waals surface area contributed by atoms with Gasteiger partial charge in [0, 0.05) is 32.2 Å². The normalized spacial score (nSPS) is 16.0. The quantitative estimate of drug-likeness (QED) is 0.512. The monoisotopic (exact) mass is 296 g/mol. The van der Waals surface area contributed by atoms with Crippen molar-refractivity contribution in [2.75, 3.05) is 38.5 Å². The fraction of sp³-hybridized carbons (Fsp3) is 0.462. The summed E-state index contributed by atoms with van der Waals surface area (Å²) in [5, 5.41) is 10.8. The van der Waals surface area contributed by atoms with Gasteiger partial charge >= 0.3 is 0 Å². The van der Waals surface area contributed by atoms with Crippen molar-refractivity contribution >= 4 is 17.3 Å². The van der Waals surface area contributed by atoms with Crippen molar-refractivity contribution < 1.29 is 14.1 Å². The first-order valence-electron chi connectivity index (χ1n) is 6.69. The highest BCUT2D eigenvalue weighted by Crippen LogP contribution is 2.28. The van der Waals surface area contributed by atoms with Gasteiger partial charge in [0.05, 0.1) is 4.92 Å². The molecule has 1 aliphatic heterocycles. The lowest BCUT2D eigenvalue weighted by Gasteiger charge is -2.34. The molecule has 1 aromatic rings. The summed E-state index contributed by atoms with van der Waals surface area (Å²) in [5.74, 6) is -1.43. The summed E-state index contributed by atoms with van der Waals surface area (Å²) < 4.78 is 13.9. The lowest BCUT2D eigenvalue weighted by molar-refractivity contribution is -0.384. The average Bonchev–Trinajstić information content (AvgIpc) is 2.46. The number of carbonyl (C=O) groups is 1. The van der Waals surface area contributed by atoms with E-state index in [1.165, 1.54) is 4.90 Å². The zero-order chi connectivity index (χ0) is 15.6. The third kappa shape index (κ3) is 2.94. The topological polar surface area (TPSA) is 92.7 Å². The van der Waals surface area contributed by atoms with Crippen LogP contribution >= 0.6 is 0 Å². The van der Waals surface area contributed by atoms with Crippen LogP contribution in [0.3, 0.4) is 0 Å². The molecule has 21 heavy (non-hydrogen) atoms. The number of nitrogen functional groups attached to an aromatic ring is 1. The van der Waals surface area contributed by atoms with Crippen LogP contribution in [0.2, 0.25) is 0 Å². The molecule has 0 aromatic heterocycles. The third-order valence-electron chi connectivity index (χ3n) is 3.69. The molecule has 0 atom stereocenters. The van der Waals surface area contributed by atoms with Gasteiger partial charge in [-0.05, 0) is 12.6 Å². The number of halogens is 1. The van der Waals surface area contributed by atoms with E-state index in [1.807, 2.05) is 6.92 Å². The zero-order valence-electron chi connectivity index (χ0n) is 11.7. The summed E-state index contributed by atoms with van der Waals surface area (Å²) in [5.41, 5.74) is 4.33. The van der Waals surface area contributed by atoms with E-state index in [2.05, 4.69) is 4.90 Å². The van der Waals surface area contributed by atoms with Crippen LogP contribution in [0.15, 0.2) is 12.1 Å². The Bertz CT molecular complexity index is 571. The minimum Gasteiger partial charge on any atom is -0.392 e. The molecule has 1 fully saturated rings. The Morgan fingerprint density at radius 2 is 2.00 bits per heavy atom. The highest BCUT2D eigenvalue weighted by atomic mass is 19.1. The second kappa shape index (κ2) is 6.04. The Balaban J connectivity index is 2.27. The molecule has 0 bridgehead atoms. The maximum Gasteiger partial charge on any atom is 0.293 e. The van der Waals surface area contributed by atoms with Crippen LogP contribution in [-0.2, 0) is 0 Å². The molecule has 0 radical (unpaired) electrons. The molecule has 0 spiro atoms. The Morgan fingerprint density at radius 3 is 2.52 bits per heavy atom. The molecule has 1 aromatic carbocycles. The summed E-state index contributed by atoms with van der Waals surface area (Å²) in [6, 6.07) is 1.88. The molecule has 2 N–H and O–H groups in total. The standard InChI is InChI=1S/C13H17FN4O3/c1-2-16-5-7-17(8-6-16)13(19)11-9(14)3-4-10(12(11)15)18(20)21/h3-4H,2,5-8,15H2,1H3. The van der Waals surface area contributed by atoms with E-state index in [4.69, 9.17) is 5.73 Å². The van der Waals surface area contributed by atoms with Gasteiger partial charge in [0.25, 0.3) is 11.6 Å². The number of hydrogen-bond donors (Lipinski definition) is 1. The van der Waals surface area contributed by atoms with E-state index in [0.717, 1.165) is 18.7 Å². The highest BCUT2D eigenvalue weighted by molar-refractivity contribution is 6.01. The largest absolute Gasteiger partial charge is 0.392 e. The smallest absolute Gasteiger partial charge is 0.293 e. The SMILES string of the molecule is CCN1CCN(C(=O)c2c(F)ccc([N+](=O)[O-])c2N)CC1. The molecular formula is C13H17FN4O3. The van der Waals surface area contributed by atoms with Crippen molar-refractivity contribution in [2.24, 2.45) is 0 Å². The maximum absolute atomic E-state index is 13.9. The van der Waals surface area contributed by atoms with Crippen molar-refractivity contribution in [3.8, 4) is 0 Å². The maximum atomic E-state index is 13.9. The second-order valence-corrected chi connectivity index (χ2v) is 4.84. The van der Waals surface area contributed by atoms with Crippen molar-refractivity contribution in [3.05, 3.63) is 33.6 Å². The number of nitro benzene ring substituents is 1. The Hall–Kier alpha value is -2.22. The minimum atomic E-state index is -0.832. The number of piperazine rings is 1. The third-order valence-corrected chi connectivity index (χ3v) is 3.69. The van der Waals surface area contributed by atoms with Gasteiger partial charge < -0.3 is 15.5 Å². The van der Waals surface area contributed by atoms with Crippen molar-refractivity contribution in [1.29, 1.82) is 0 Å². The highest BCUT2D eigenvalue weighted by Gasteiger charge is 2.28. The van der Waals surface area contributed by atoms with Crippen LogP contribution in [-0.4, -0.2) is 53.4 Å². The molecule has 1 saturated heterocycles. The van der Waals surface area contributed by atoms with Crippen LogP contribution < -0.4 is 5.73 Å². The number of nitrogens with two attached hydrogens (primary N) is 1. The molecule has 114 valence electrons. The molecule has 2 rings (SSSR count). The van der Waals surface area contributed by atoms with E-state index in [1.54, 1.807) is 0 Å². The van der Waals surface area contributed by atoms with Crippen molar-refractivity contribution in [3.63, 3.8) is 0 Å². The van der Waals surface area contributed by atoms with E-state index >= 15 is 0 Å². The lowest BCUT2D eigenvalue weighted by atomic mass is 10.1. The zero-order valence-corrected chi connectivity index (χ0v) is 11.7. The van der Waals surface area contributed by atoms with Gasteiger partial charge in [-0.3, -0.25) is 14.9 Å². The number of likely N-dealkylation sites (N-methyl/N-ethyl adjacent to an activating group) is 1. The Labute approximate surface area is 121 Å². The number of hydrogen-bond acceptors (Lipinski definition) is 5. The molecule has 1 heterocycles. The number of carbonyl (C=O) groups excluding carboxylic acids is 1. The minimum absolute atomic E-state index is 0.408. The van der Waals surface area contributed by atoms with Gasteiger partial charge in [0.2, 0.25) is 0 Å². The Morgan fingerprint density at radius 1 is 1.38 bits per heavy atom. The molecule has 0 unspecified atom stereocenters. The average molecular weight is 296 g/mol. The van der Waals surface area contributed by atoms with Crippen LogP contribution in [0, 0.1) is 15.9 Å². The summed E-state index contributed by atoms with van der Waals surface area (Å²) in [7, 11) is 0. The molecule has 0 saturated carbocycles. The van der Waals surface area contributed by atoms with Gasteiger partial charge in [-0.15, -0.1) is 0 Å². The van der Waals surface area contributed by atoms with E-state index in [-0.39, 0.29) is 0 Å². The van der Waals surface area contributed by atoms with E-state index < -0.39 is 33.6 Å².